The Balaban J connectivity index is 4.47. The van der Waals surface area contributed by atoms with Gasteiger partial charge in [0.15, 0.2) is 0 Å². The molecule has 0 unspecified atom stereocenters. The first-order valence-corrected chi connectivity index (χ1v) is 19.8. The molecule has 0 saturated heterocycles. The molecule has 0 aliphatic heterocycles. The number of rotatable bonds is 27. The Labute approximate surface area is 235 Å². The largest absolute Gasteiger partial charge is 0.500 e. The number of unbranched alkanes of at least 4 members (excludes halogenated alkanes) is 5. The van der Waals surface area contributed by atoms with Crippen LogP contribution in [0.5, 0.6) is 0 Å². The first-order chi connectivity index (χ1) is 17.9. The minimum absolute atomic E-state index is 0.469. The van der Waals surface area contributed by atoms with Crippen LogP contribution in [0, 0.1) is 0 Å². The molecule has 0 aromatic rings. The Morgan fingerprint density at radius 2 is 1.00 bits per heavy atom. The van der Waals surface area contributed by atoms with Crippen LogP contribution >= 0.6 is 0 Å². The van der Waals surface area contributed by atoms with Crippen LogP contribution in [-0.2, 0) is 31.0 Å². The minimum Gasteiger partial charge on any atom is -0.397 e. The quantitative estimate of drug-likeness (QED) is 0.0800. The Morgan fingerprint density at radius 1 is 0.595 bits per heavy atom. The fourth-order valence-electron chi connectivity index (χ4n) is 4.37. The van der Waals surface area contributed by atoms with E-state index in [0.717, 1.165) is 60.0 Å². The van der Waals surface area contributed by atoms with Gasteiger partial charge in [-0.2, -0.15) is 0 Å². The average molecular weight is 597 g/mol. The summed E-state index contributed by atoms with van der Waals surface area (Å²) in [6, 6.07) is 4.20. The lowest BCUT2D eigenvalue weighted by molar-refractivity contribution is 0.122. The molecule has 0 heterocycles. The van der Waals surface area contributed by atoms with Crippen LogP contribution in [0.3, 0.4) is 0 Å². The fraction of sp³-hybridized carbons (Fsp3) is 1.00. The Bertz CT molecular complexity index is 473. The maximum Gasteiger partial charge on any atom is 0.500 e. The molecule has 0 atom stereocenters. The highest BCUT2D eigenvalue weighted by atomic mass is 28.4. The van der Waals surface area contributed by atoms with Gasteiger partial charge in [0.25, 0.3) is 0 Å². The van der Waals surface area contributed by atoms with Gasteiger partial charge in [-0.15, -0.1) is 0 Å². The number of hydrogen-bond acceptors (Lipinski definition) is 9. The van der Waals surface area contributed by atoms with Gasteiger partial charge in [0, 0.05) is 61.6 Å². The van der Waals surface area contributed by atoms with E-state index in [1.165, 1.54) is 38.1 Å². The smallest absolute Gasteiger partial charge is 0.397 e. The zero-order valence-corrected chi connectivity index (χ0v) is 29.2. The highest BCUT2D eigenvalue weighted by molar-refractivity contribution is 6.60. The van der Waals surface area contributed by atoms with E-state index in [1.807, 2.05) is 0 Å². The molecule has 37 heavy (non-hydrogen) atoms. The second-order valence-electron chi connectivity index (χ2n) is 9.22. The maximum absolute atomic E-state index is 5.52. The summed E-state index contributed by atoms with van der Waals surface area (Å²) in [6.07, 6.45) is 9.66. The summed E-state index contributed by atoms with van der Waals surface area (Å²) in [7, 11) is 12.9. The fourth-order valence-corrected chi connectivity index (χ4v) is 9.81. The van der Waals surface area contributed by atoms with Crippen molar-refractivity contribution in [2.75, 3.05) is 77.0 Å². The Morgan fingerprint density at radius 3 is 1.41 bits per heavy atom. The molecule has 220 valence electrons. The van der Waals surface area contributed by atoms with E-state index in [0.29, 0.717) is 5.79 Å². The summed E-state index contributed by atoms with van der Waals surface area (Å²) < 4.78 is 38.4. The minimum atomic E-state index is -2.41. The average Bonchev–Trinajstić information content (AvgIpc) is 2.92. The summed E-state index contributed by atoms with van der Waals surface area (Å²) in [6.45, 7) is 2.12. The van der Waals surface area contributed by atoms with Crippen molar-refractivity contribution in [1.82, 2.24) is 9.80 Å². The van der Waals surface area contributed by atoms with Crippen LogP contribution in [0.15, 0.2) is 0 Å². The zero-order chi connectivity index (χ0) is 27.9. The van der Waals surface area contributed by atoms with Gasteiger partial charge in [0.1, 0.15) is 0 Å². The Hall–Kier alpha value is 0.508. The molecule has 0 N–H and O–H groups in total. The van der Waals surface area contributed by atoms with Gasteiger partial charge in [-0.05, 0) is 58.5 Å². The third kappa shape index (κ3) is 17.0. The molecule has 0 aromatic carbocycles. The molecule has 0 aliphatic carbocycles. The van der Waals surface area contributed by atoms with Crippen LogP contribution in [0.2, 0.25) is 24.2 Å². The van der Waals surface area contributed by atoms with Crippen LogP contribution in [0.1, 0.15) is 51.4 Å². The molecule has 0 bridgehead atoms. The topological polar surface area (TPSA) is 71.1 Å². The van der Waals surface area contributed by atoms with E-state index in [4.69, 9.17) is 31.0 Å². The molecule has 0 aromatic heterocycles. The zero-order valence-electron chi connectivity index (χ0n) is 25.2. The molecule has 0 fully saturated rings. The highest BCUT2D eigenvalue weighted by Crippen LogP contribution is 2.18. The summed E-state index contributed by atoms with van der Waals surface area (Å²) in [5.41, 5.74) is 0. The monoisotopic (exact) mass is 596 g/mol. The first-order valence-electron chi connectivity index (χ1n) is 13.5. The summed E-state index contributed by atoms with van der Waals surface area (Å²) in [4.78, 5) is 5.05. The second kappa shape index (κ2) is 24.3. The van der Waals surface area contributed by atoms with Crippen molar-refractivity contribution in [2.45, 2.75) is 81.3 Å². The third-order valence-electron chi connectivity index (χ3n) is 6.70. The van der Waals surface area contributed by atoms with Crippen molar-refractivity contribution in [3.05, 3.63) is 0 Å². The van der Waals surface area contributed by atoms with Gasteiger partial charge >= 0.3 is 27.4 Å². The van der Waals surface area contributed by atoms with Gasteiger partial charge in [0.05, 0.1) is 9.52 Å². The molecular weight excluding hydrogens is 541 g/mol. The molecule has 0 spiro atoms. The van der Waals surface area contributed by atoms with Crippen molar-refractivity contribution in [1.29, 1.82) is 0 Å². The lowest BCUT2D eigenvalue weighted by atomic mass is 10.1. The SMILES string of the molecule is CO[Si](CCCN(C)C([Si]CCCCCCCC[Si](OC)(OC)OC)N(C)CCC[Si](OC)OC)OC. The number of nitrogens with zero attached hydrogens (tertiary/aromatic N) is 2. The van der Waals surface area contributed by atoms with Gasteiger partial charge in [-0.3, -0.25) is 9.80 Å². The van der Waals surface area contributed by atoms with Crippen molar-refractivity contribution in [2.24, 2.45) is 0 Å². The summed E-state index contributed by atoms with van der Waals surface area (Å²) >= 11 is 0. The van der Waals surface area contributed by atoms with Crippen LogP contribution in [0.25, 0.3) is 0 Å². The van der Waals surface area contributed by atoms with Gasteiger partial charge < -0.3 is 31.0 Å². The predicted octanol–water partition coefficient (Wildman–Crippen LogP) is 3.82. The maximum atomic E-state index is 5.52. The van der Waals surface area contributed by atoms with Crippen molar-refractivity contribution in [3.8, 4) is 0 Å². The second-order valence-corrected chi connectivity index (χ2v) is 17.9. The molecule has 13 heteroatoms. The molecule has 9 nitrogen and oxygen atoms in total. The molecular formula is C24H56N2O7Si4. The van der Waals surface area contributed by atoms with Gasteiger partial charge in [-0.25, -0.2) is 0 Å². The van der Waals surface area contributed by atoms with Crippen LogP contribution < -0.4 is 0 Å². The van der Waals surface area contributed by atoms with Crippen molar-refractivity contribution >= 4 is 36.9 Å². The molecule has 0 saturated carbocycles. The van der Waals surface area contributed by atoms with Gasteiger partial charge in [0.2, 0.25) is 0 Å². The molecule has 0 amide bonds. The molecule has 0 aliphatic rings. The normalized spacial score (nSPS) is 12.8. The van der Waals surface area contributed by atoms with E-state index in [9.17, 15) is 0 Å². The van der Waals surface area contributed by atoms with E-state index in [2.05, 4.69) is 23.9 Å². The van der Waals surface area contributed by atoms with E-state index in [1.54, 1.807) is 49.8 Å². The van der Waals surface area contributed by atoms with Crippen LogP contribution in [-0.4, -0.2) is 129 Å². The Kier molecular flexibility index (Phi) is 24.6. The predicted molar refractivity (Wildman–Crippen MR) is 157 cm³/mol. The van der Waals surface area contributed by atoms with Gasteiger partial charge in [-0.1, -0.05) is 38.1 Å². The molecule has 0 rings (SSSR count). The van der Waals surface area contributed by atoms with Crippen LogP contribution in [0.4, 0.5) is 0 Å². The lowest BCUT2D eigenvalue weighted by Gasteiger charge is -2.36. The summed E-state index contributed by atoms with van der Waals surface area (Å²) in [5, 5.41) is 0. The van der Waals surface area contributed by atoms with Crippen molar-refractivity contribution in [3.63, 3.8) is 0 Å². The highest BCUT2D eigenvalue weighted by Gasteiger charge is 2.36. The van der Waals surface area contributed by atoms with Crippen molar-refractivity contribution < 1.29 is 31.0 Å². The lowest BCUT2D eigenvalue weighted by Crippen LogP contribution is -2.49. The van der Waals surface area contributed by atoms with E-state index >= 15 is 0 Å². The van der Waals surface area contributed by atoms with E-state index < -0.39 is 27.4 Å². The molecule has 4 radical (unpaired) electrons. The standard InChI is InChI=1S/C24H56N2O7Si4/c1-25(18-16-21-35(27-3)28-4)24(26(2)19-17-22-36(29-5)30-6)34-20-14-12-10-11-13-15-23-37(31-7,32-8)33-9/h24H,10-23H2,1-9H3. The van der Waals surface area contributed by atoms with E-state index in [-0.39, 0.29) is 0 Å². The first kappa shape index (κ1) is 37.5. The number of hydrogen-bond donors (Lipinski definition) is 0. The third-order valence-corrected chi connectivity index (χ3v) is 14.8. The summed E-state index contributed by atoms with van der Waals surface area (Å²) in [5.74, 6) is 0.469.